The zero-order valence-electron chi connectivity index (χ0n) is 19.5. The molecule has 0 heterocycles. The van der Waals surface area contributed by atoms with Gasteiger partial charge in [-0.3, -0.25) is 9.52 Å². The molecule has 0 saturated carbocycles. The van der Waals surface area contributed by atoms with Crippen LogP contribution in [0.2, 0.25) is 0 Å². The van der Waals surface area contributed by atoms with E-state index in [9.17, 15) is 13.2 Å². The minimum absolute atomic E-state index is 0.0281. The maximum atomic E-state index is 12.9. The number of methoxy groups -OCH3 is 2. The van der Waals surface area contributed by atoms with Gasteiger partial charge in [-0.2, -0.15) is 0 Å². The van der Waals surface area contributed by atoms with E-state index in [-0.39, 0.29) is 11.7 Å². The fourth-order valence-electron chi connectivity index (χ4n) is 3.18. The Balaban J connectivity index is 1.80. The van der Waals surface area contributed by atoms with Crippen molar-refractivity contribution in [3.8, 4) is 17.2 Å². The average molecular weight is 485 g/mol. The van der Waals surface area contributed by atoms with Crippen LogP contribution in [-0.4, -0.2) is 34.3 Å². The van der Waals surface area contributed by atoms with E-state index in [1.807, 2.05) is 30.3 Å². The standard InChI is InChI=1S/C25H28N2O6S/c1-5-34(29,30)27-21-12-11-20(13-17(21)2)26-25(28)19-14-22(31-3)24(23(15-19)32-4)33-16-18-9-7-6-8-10-18/h6-15,27H,5,16H2,1-4H3,(H,26,28). The summed E-state index contributed by atoms with van der Waals surface area (Å²) in [7, 11) is -0.410. The van der Waals surface area contributed by atoms with Gasteiger partial charge < -0.3 is 19.5 Å². The van der Waals surface area contributed by atoms with Gasteiger partial charge in [0.25, 0.3) is 5.91 Å². The van der Waals surface area contributed by atoms with Crippen LogP contribution in [0.3, 0.4) is 0 Å². The first-order chi connectivity index (χ1) is 16.3. The lowest BCUT2D eigenvalue weighted by Gasteiger charge is -2.16. The first-order valence-corrected chi connectivity index (χ1v) is 12.3. The quantitative estimate of drug-likeness (QED) is 0.436. The lowest BCUT2D eigenvalue weighted by molar-refractivity contribution is 0.102. The molecule has 3 aromatic rings. The molecule has 0 aliphatic heterocycles. The van der Waals surface area contributed by atoms with Gasteiger partial charge in [-0.1, -0.05) is 30.3 Å². The van der Waals surface area contributed by atoms with Crippen LogP contribution < -0.4 is 24.2 Å². The molecule has 0 aliphatic carbocycles. The molecule has 0 saturated heterocycles. The van der Waals surface area contributed by atoms with Gasteiger partial charge in [-0.15, -0.1) is 0 Å². The van der Waals surface area contributed by atoms with E-state index >= 15 is 0 Å². The zero-order chi connectivity index (χ0) is 24.7. The van der Waals surface area contributed by atoms with Crippen LogP contribution in [0.4, 0.5) is 11.4 Å². The topological polar surface area (TPSA) is 103 Å². The van der Waals surface area contributed by atoms with Crippen LogP contribution in [0, 0.1) is 6.92 Å². The van der Waals surface area contributed by atoms with E-state index in [1.165, 1.54) is 14.2 Å². The molecule has 0 spiro atoms. The minimum Gasteiger partial charge on any atom is -0.493 e. The molecule has 0 aromatic heterocycles. The Kier molecular flexibility index (Phi) is 8.01. The maximum Gasteiger partial charge on any atom is 0.255 e. The van der Waals surface area contributed by atoms with Gasteiger partial charge in [0, 0.05) is 11.3 Å². The number of amides is 1. The van der Waals surface area contributed by atoms with E-state index in [0.717, 1.165) is 5.56 Å². The Morgan fingerprint density at radius 1 is 0.941 bits per heavy atom. The molecule has 0 bridgehead atoms. The highest BCUT2D eigenvalue weighted by Gasteiger charge is 2.18. The Hall–Kier alpha value is -3.72. The van der Waals surface area contributed by atoms with Crippen LogP contribution >= 0.6 is 0 Å². The van der Waals surface area contributed by atoms with Crippen molar-refractivity contribution in [2.75, 3.05) is 30.0 Å². The second-order valence-corrected chi connectivity index (χ2v) is 9.48. The van der Waals surface area contributed by atoms with Crippen molar-refractivity contribution in [2.45, 2.75) is 20.5 Å². The van der Waals surface area contributed by atoms with Crippen molar-refractivity contribution in [3.05, 3.63) is 77.4 Å². The second kappa shape index (κ2) is 10.9. The number of hydrogen-bond acceptors (Lipinski definition) is 6. The molecule has 180 valence electrons. The second-order valence-electron chi connectivity index (χ2n) is 7.47. The Morgan fingerprint density at radius 3 is 2.15 bits per heavy atom. The lowest BCUT2D eigenvalue weighted by atomic mass is 10.1. The fraction of sp³-hybridized carbons (Fsp3) is 0.240. The first-order valence-electron chi connectivity index (χ1n) is 10.6. The van der Waals surface area contributed by atoms with Crippen molar-refractivity contribution in [1.82, 2.24) is 0 Å². The zero-order valence-corrected chi connectivity index (χ0v) is 20.4. The molecule has 3 aromatic carbocycles. The van der Waals surface area contributed by atoms with E-state index in [1.54, 1.807) is 44.2 Å². The summed E-state index contributed by atoms with van der Waals surface area (Å²) in [5, 5.41) is 2.81. The number of aryl methyl sites for hydroxylation is 1. The number of benzene rings is 3. The third kappa shape index (κ3) is 6.20. The van der Waals surface area contributed by atoms with Crippen molar-refractivity contribution >= 4 is 27.3 Å². The molecule has 8 nitrogen and oxygen atoms in total. The number of rotatable bonds is 10. The highest BCUT2D eigenvalue weighted by Crippen LogP contribution is 2.39. The summed E-state index contributed by atoms with van der Waals surface area (Å²) in [4.78, 5) is 12.9. The molecule has 0 atom stereocenters. The number of nitrogens with one attached hydrogen (secondary N) is 2. The summed E-state index contributed by atoms with van der Waals surface area (Å²) in [5.74, 6) is 0.711. The summed E-state index contributed by atoms with van der Waals surface area (Å²) in [6.45, 7) is 3.63. The fourth-order valence-corrected chi connectivity index (χ4v) is 3.89. The SMILES string of the molecule is CCS(=O)(=O)Nc1ccc(NC(=O)c2cc(OC)c(OCc3ccccc3)c(OC)c2)cc1C. The third-order valence-corrected chi connectivity index (χ3v) is 6.37. The molecular formula is C25H28N2O6S. The molecule has 2 N–H and O–H groups in total. The number of carbonyl (C=O) groups is 1. The van der Waals surface area contributed by atoms with Gasteiger partial charge in [0.2, 0.25) is 15.8 Å². The largest absolute Gasteiger partial charge is 0.493 e. The summed E-state index contributed by atoms with van der Waals surface area (Å²) >= 11 is 0. The molecule has 0 radical (unpaired) electrons. The Bertz CT molecular complexity index is 1230. The van der Waals surface area contributed by atoms with Crippen molar-refractivity contribution in [3.63, 3.8) is 0 Å². The van der Waals surface area contributed by atoms with Crippen molar-refractivity contribution in [2.24, 2.45) is 0 Å². The molecule has 0 unspecified atom stereocenters. The van der Waals surface area contributed by atoms with Gasteiger partial charge in [0.05, 0.1) is 25.7 Å². The molecule has 0 fully saturated rings. The van der Waals surface area contributed by atoms with Crippen LogP contribution in [-0.2, 0) is 16.6 Å². The van der Waals surface area contributed by atoms with E-state index in [2.05, 4.69) is 10.0 Å². The van der Waals surface area contributed by atoms with Gasteiger partial charge in [0.15, 0.2) is 11.5 Å². The minimum atomic E-state index is -3.39. The predicted molar refractivity (Wildman–Crippen MR) is 133 cm³/mol. The maximum absolute atomic E-state index is 12.9. The highest BCUT2D eigenvalue weighted by atomic mass is 32.2. The Labute approximate surface area is 199 Å². The van der Waals surface area contributed by atoms with Gasteiger partial charge in [-0.25, -0.2) is 8.42 Å². The van der Waals surface area contributed by atoms with Crippen LogP contribution in [0.15, 0.2) is 60.7 Å². The summed E-state index contributed by atoms with van der Waals surface area (Å²) < 4.78 is 43.0. The first kappa shape index (κ1) is 24.9. The normalized spacial score (nSPS) is 10.9. The summed E-state index contributed by atoms with van der Waals surface area (Å²) in [6, 6.07) is 17.8. The monoisotopic (exact) mass is 484 g/mol. The molecule has 3 rings (SSSR count). The van der Waals surface area contributed by atoms with Crippen molar-refractivity contribution < 1.29 is 27.4 Å². The number of sulfonamides is 1. The smallest absolute Gasteiger partial charge is 0.255 e. The molecular weight excluding hydrogens is 456 g/mol. The molecule has 0 aliphatic rings. The van der Waals surface area contributed by atoms with Gasteiger partial charge in [0.1, 0.15) is 6.61 Å². The average Bonchev–Trinajstić information content (AvgIpc) is 2.84. The molecule has 34 heavy (non-hydrogen) atoms. The summed E-state index contributed by atoms with van der Waals surface area (Å²) in [6.07, 6.45) is 0. The van der Waals surface area contributed by atoms with Gasteiger partial charge in [-0.05, 0) is 55.3 Å². The number of ether oxygens (including phenoxy) is 3. The van der Waals surface area contributed by atoms with Crippen LogP contribution in [0.5, 0.6) is 17.2 Å². The highest BCUT2D eigenvalue weighted by molar-refractivity contribution is 7.92. The van der Waals surface area contributed by atoms with Crippen molar-refractivity contribution in [1.29, 1.82) is 0 Å². The third-order valence-electron chi connectivity index (χ3n) is 5.08. The predicted octanol–water partition coefficient (Wildman–Crippen LogP) is 4.61. The lowest BCUT2D eigenvalue weighted by Crippen LogP contribution is -2.16. The molecule has 9 heteroatoms. The number of carbonyl (C=O) groups excluding carboxylic acids is 1. The van der Waals surface area contributed by atoms with Gasteiger partial charge >= 0.3 is 0 Å². The van der Waals surface area contributed by atoms with E-state index in [0.29, 0.717) is 46.4 Å². The van der Waals surface area contributed by atoms with Crippen LogP contribution in [0.1, 0.15) is 28.4 Å². The molecule has 1 amide bonds. The Morgan fingerprint density at radius 2 is 1.59 bits per heavy atom. The number of anilines is 2. The van der Waals surface area contributed by atoms with Crippen LogP contribution in [0.25, 0.3) is 0 Å². The number of hydrogen-bond donors (Lipinski definition) is 2. The summed E-state index contributed by atoms with van der Waals surface area (Å²) in [5.41, 5.74) is 2.95. The van der Waals surface area contributed by atoms with E-state index in [4.69, 9.17) is 14.2 Å². The van der Waals surface area contributed by atoms with E-state index < -0.39 is 10.0 Å².